The Labute approximate surface area is 144 Å². The van der Waals surface area contributed by atoms with Gasteiger partial charge in [-0.2, -0.15) is 5.10 Å². The lowest BCUT2D eigenvalue weighted by Crippen LogP contribution is -2.27. The Morgan fingerprint density at radius 3 is 2.79 bits per heavy atom. The molecule has 4 rings (SSSR count). The van der Waals surface area contributed by atoms with E-state index in [9.17, 15) is 4.79 Å². The predicted molar refractivity (Wildman–Crippen MR) is 87.6 cm³/mol. The lowest BCUT2D eigenvalue weighted by atomic mass is 9.92. The predicted octanol–water partition coefficient (Wildman–Crippen LogP) is 3.52. The number of hydrogen-bond donors (Lipinski definition) is 0. The van der Waals surface area contributed by atoms with Gasteiger partial charge in [0.25, 0.3) is 0 Å². The summed E-state index contributed by atoms with van der Waals surface area (Å²) in [6.45, 7) is 1.47. The third kappa shape index (κ3) is 3.16. The zero-order valence-corrected chi connectivity index (χ0v) is 13.9. The van der Waals surface area contributed by atoms with Crippen LogP contribution < -0.4 is 4.74 Å². The van der Waals surface area contributed by atoms with Crippen LogP contribution in [0.1, 0.15) is 43.3 Å². The average Bonchev–Trinajstić information content (AvgIpc) is 2.96. The summed E-state index contributed by atoms with van der Waals surface area (Å²) in [6, 6.07) is 3.60. The lowest BCUT2D eigenvalue weighted by Gasteiger charge is -2.24. The highest BCUT2D eigenvalue weighted by Crippen LogP contribution is 2.38. The molecule has 0 bridgehead atoms. The zero-order valence-electron chi connectivity index (χ0n) is 13.2. The van der Waals surface area contributed by atoms with Gasteiger partial charge in [0.05, 0.1) is 12.2 Å². The maximum absolute atomic E-state index is 11.3. The van der Waals surface area contributed by atoms with E-state index in [0.29, 0.717) is 29.7 Å². The molecule has 1 saturated carbocycles. The van der Waals surface area contributed by atoms with Crippen LogP contribution in [0.5, 0.6) is 11.5 Å². The van der Waals surface area contributed by atoms with Gasteiger partial charge in [-0.05, 0) is 18.9 Å². The number of nitrogens with zero attached hydrogens (tertiary/aromatic N) is 3. The largest absolute Gasteiger partial charge is 0.454 e. The molecule has 6 nitrogen and oxygen atoms in total. The Bertz CT molecular complexity index is 747. The van der Waals surface area contributed by atoms with E-state index in [4.69, 9.17) is 26.2 Å². The number of pyridine rings is 1. The normalized spacial score (nSPS) is 19.3. The van der Waals surface area contributed by atoms with Crippen LogP contribution in [0.25, 0.3) is 0 Å². The molecule has 1 saturated heterocycles. The molecule has 24 heavy (non-hydrogen) atoms. The number of hydrogen-bond acceptors (Lipinski definition) is 5. The number of Topliss-reactive ketones (excluding diaryl/α,β-unsaturated/α-hetero) is 1. The van der Waals surface area contributed by atoms with Crippen LogP contribution in [0.4, 0.5) is 0 Å². The van der Waals surface area contributed by atoms with E-state index >= 15 is 0 Å². The highest BCUT2D eigenvalue weighted by atomic mass is 35.5. The highest BCUT2D eigenvalue weighted by molar-refractivity contribution is 6.29. The molecule has 3 heterocycles. The molecule has 1 aliphatic heterocycles. The maximum Gasteiger partial charge on any atom is 0.168 e. The smallest absolute Gasteiger partial charge is 0.168 e. The number of ketones is 1. The molecule has 0 aromatic carbocycles. The maximum atomic E-state index is 11.3. The first-order chi connectivity index (χ1) is 11.7. The first-order valence-corrected chi connectivity index (χ1v) is 8.55. The molecule has 0 amide bonds. The van der Waals surface area contributed by atoms with Crippen molar-refractivity contribution in [2.45, 2.75) is 37.6 Å². The lowest BCUT2D eigenvalue weighted by molar-refractivity contribution is -0.126. The summed E-state index contributed by atoms with van der Waals surface area (Å²) in [5, 5.41) is 5.13. The summed E-state index contributed by atoms with van der Waals surface area (Å²) >= 11 is 5.94. The number of rotatable bonds is 4. The van der Waals surface area contributed by atoms with Crippen LogP contribution >= 0.6 is 11.6 Å². The van der Waals surface area contributed by atoms with Gasteiger partial charge in [-0.1, -0.05) is 11.6 Å². The Morgan fingerprint density at radius 2 is 2.08 bits per heavy atom. The summed E-state index contributed by atoms with van der Waals surface area (Å²) in [5.74, 6) is 1.95. The molecular weight excluding hydrogens is 330 g/mol. The summed E-state index contributed by atoms with van der Waals surface area (Å²) in [7, 11) is 0. The van der Waals surface area contributed by atoms with Crippen molar-refractivity contribution < 1.29 is 14.3 Å². The molecule has 0 atom stereocenters. The van der Waals surface area contributed by atoms with Gasteiger partial charge in [0.1, 0.15) is 22.4 Å². The van der Waals surface area contributed by atoms with Crippen LogP contribution in [0.3, 0.4) is 0 Å². The highest BCUT2D eigenvalue weighted by Gasteiger charge is 2.31. The second-order valence-electron chi connectivity index (χ2n) is 6.26. The van der Waals surface area contributed by atoms with Gasteiger partial charge >= 0.3 is 0 Å². The van der Waals surface area contributed by atoms with Crippen LogP contribution in [-0.4, -0.2) is 33.8 Å². The van der Waals surface area contributed by atoms with Crippen molar-refractivity contribution in [2.75, 3.05) is 13.2 Å². The van der Waals surface area contributed by atoms with Gasteiger partial charge in [0.2, 0.25) is 0 Å². The minimum Gasteiger partial charge on any atom is -0.454 e. The molecule has 1 aliphatic carbocycles. The van der Waals surface area contributed by atoms with E-state index in [-0.39, 0.29) is 11.8 Å². The monoisotopic (exact) mass is 347 g/mol. The van der Waals surface area contributed by atoms with E-state index in [2.05, 4.69) is 4.98 Å². The minimum absolute atomic E-state index is 0.148. The Balaban J connectivity index is 1.63. The number of carbonyl (C=O) groups excluding carboxylic acids is 1. The second-order valence-corrected chi connectivity index (χ2v) is 6.65. The average molecular weight is 348 g/mol. The Hall–Kier alpha value is -1.92. The zero-order chi connectivity index (χ0) is 16.5. The fourth-order valence-corrected chi connectivity index (χ4v) is 3.30. The molecule has 0 radical (unpaired) electrons. The number of ether oxygens (including phenoxy) is 2. The van der Waals surface area contributed by atoms with Gasteiger partial charge in [0.15, 0.2) is 5.75 Å². The first-order valence-electron chi connectivity index (χ1n) is 8.17. The van der Waals surface area contributed by atoms with Crippen LogP contribution in [0.2, 0.25) is 5.15 Å². The summed E-state index contributed by atoms with van der Waals surface area (Å²) < 4.78 is 13.4. The number of aromatic nitrogens is 3. The van der Waals surface area contributed by atoms with Crippen LogP contribution in [-0.2, 0) is 9.53 Å². The topological polar surface area (TPSA) is 66.2 Å². The molecule has 2 aromatic heterocycles. The van der Waals surface area contributed by atoms with Crippen molar-refractivity contribution in [3.05, 3.63) is 35.4 Å². The van der Waals surface area contributed by atoms with Gasteiger partial charge in [-0.3, -0.25) is 9.48 Å². The Kier molecular flexibility index (Phi) is 4.24. The minimum atomic E-state index is 0.148. The van der Waals surface area contributed by atoms with Gasteiger partial charge in [-0.15, -0.1) is 0 Å². The van der Waals surface area contributed by atoms with Gasteiger partial charge in [0, 0.05) is 44.2 Å². The third-order valence-electron chi connectivity index (χ3n) is 4.56. The van der Waals surface area contributed by atoms with E-state index in [1.165, 1.54) is 0 Å². The quantitative estimate of drug-likeness (QED) is 0.792. The summed E-state index contributed by atoms with van der Waals surface area (Å²) in [6.07, 6.45) is 6.46. The summed E-state index contributed by atoms with van der Waals surface area (Å²) in [5.41, 5.74) is 0.936. The molecule has 2 aliphatic rings. The van der Waals surface area contributed by atoms with Crippen molar-refractivity contribution in [1.82, 2.24) is 14.8 Å². The second kappa shape index (κ2) is 6.53. The molecule has 2 aromatic rings. The van der Waals surface area contributed by atoms with E-state index in [1.807, 2.05) is 10.9 Å². The van der Waals surface area contributed by atoms with E-state index in [1.54, 1.807) is 18.3 Å². The third-order valence-corrected chi connectivity index (χ3v) is 4.77. The van der Waals surface area contributed by atoms with Crippen molar-refractivity contribution >= 4 is 17.4 Å². The van der Waals surface area contributed by atoms with E-state index in [0.717, 1.165) is 37.5 Å². The molecule has 0 spiro atoms. The van der Waals surface area contributed by atoms with Crippen LogP contribution in [0.15, 0.2) is 24.5 Å². The van der Waals surface area contributed by atoms with Gasteiger partial charge < -0.3 is 9.47 Å². The first kappa shape index (κ1) is 15.6. The van der Waals surface area contributed by atoms with Crippen molar-refractivity contribution in [3.63, 3.8) is 0 Å². The van der Waals surface area contributed by atoms with E-state index < -0.39 is 0 Å². The number of halogens is 1. The van der Waals surface area contributed by atoms with Crippen molar-refractivity contribution in [2.24, 2.45) is 0 Å². The molecule has 0 N–H and O–H groups in total. The molecule has 0 unspecified atom stereocenters. The van der Waals surface area contributed by atoms with Gasteiger partial charge in [-0.25, -0.2) is 4.98 Å². The Morgan fingerprint density at radius 1 is 1.29 bits per heavy atom. The SMILES string of the molecule is O=C1CC(n2cc(Oc3ccnc(Cl)c3)c(C3CCOCC3)n2)C1. The molecule has 126 valence electrons. The fraction of sp³-hybridized carbons (Fsp3) is 0.471. The molecule has 7 heteroatoms. The van der Waals surface area contributed by atoms with Crippen molar-refractivity contribution in [3.8, 4) is 11.5 Å². The fourth-order valence-electron chi connectivity index (χ4n) is 3.14. The summed E-state index contributed by atoms with van der Waals surface area (Å²) in [4.78, 5) is 15.3. The van der Waals surface area contributed by atoms with Crippen LogP contribution in [0, 0.1) is 0 Å². The standard InChI is InChI=1S/C17H18ClN3O3/c18-16-9-14(1-4-19-16)24-15-10-21(12-7-13(22)8-12)20-17(15)11-2-5-23-6-3-11/h1,4,9-12H,2-3,5-8H2. The van der Waals surface area contributed by atoms with Crippen molar-refractivity contribution in [1.29, 1.82) is 0 Å². The molecular formula is C17H18ClN3O3. The number of carbonyl (C=O) groups is 1. The molecule has 2 fully saturated rings.